The first-order valence-electron chi connectivity index (χ1n) is 6.51. The normalized spacial score (nSPS) is 11.0. The molecule has 1 heterocycles. The fourth-order valence-electron chi connectivity index (χ4n) is 1.81. The maximum absolute atomic E-state index is 12.3. The number of amides is 1. The molecule has 1 amide bonds. The van der Waals surface area contributed by atoms with Crippen molar-refractivity contribution < 1.29 is 22.9 Å². The van der Waals surface area contributed by atoms with E-state index in [9.17, 15) is 28.1 Å². The van der Waals surface area contributed by atoms with Crippen LogP contribution in [0.25, 0.3) is 0 Å². The van der Waals surface area contributed by atoms with E-state index in [2.05, 4.69) is 4.98 Å². The van der Waals surface area contributed by atoms with Crippen molar-refractivity contribution in [1.29, 1.82) is 0 Å². The van der Waals surface area contributed by atoms with E-state index in [4.69, 9.17) is 0 Å². The minimum Gasteiger partial charge on any atom is -0.329 e. The van der Waals surface area contributed by atoms with E-state index < -0.39 is 17.0 Å². The van der Waals surface area contributed by atoms with Crippen molar-refractivity contribution in [3.05, 3.63) is 52.7 Å². The topological polar surface area (TPSA) is 88.4 Å². The van der Waals surface area contributed by atoms with Crippen molar-refractivity contribution in [2.75, 3.05) is 17.3 Å². The number of hydrogen-bond acceptors (Lipinski definition) is 5. The summed E-state index contributed by atoms with van der Waals surface area (Å²) in [4.78, 5) is 26.4. The van der Waals surface area contributed by atoms with Crippen molar-refractivity contribution in [1.82, 2.24) is 4.98 Å². The van der Waals surface area contributed by atoms with E-state index >= 15 is 0 Å². The molecular weight excluding hydrogens is 329 g/mol. The van der Waals surface area contributed by atoms with Crippen molar-refractivity contribution in [2.45, 2.75) is 6.18 Å². The van der Waals surface area contributed by atoms with E-state index in [-0.39, 0.29) is 11.4 Å². The van der Waals surface area contributed by atoms with Gasteiger partial charge in [0.1, 0.15) is 12.0 Å². The van der Waals surface area contributed by atoms with E-state index in [1.54, 1.807) is 18.4 Å². The van der Waals surface area contributed by atoms with E-state index in [1.165, 1.54) is 35.2 Å². The zero-order valence-corrected chi connectivity index (χ0v) is 12.2. The lowest BCUT2D eigenvalue weighted by Gasteiger charge is -2.19. The van der Waals surface area contributed by atoms with Crippen LogP contribution in [0.3, 0.4) is 0 Å². The minimum atomic E-state index is -4.98. The molecule has 0 fully saturated rings. The van der Waals surface area contributed by atoms with Gasteiger partial charge in [0.25, 0.3) is 5.69 Å². The summed E-state index contributed by atoms with van der Waals surface area (Å²) in [6.07, 6.45) is -3.91. The lowest BCUT2D eigenvalue weighted by Crippen LogP contribution is -2.29. The molecule has 10 heteroatoms. The van der Waals surface area contributed by atoms with Crippen LogP contribution in [0.1, 0.15) is 0 Å². The predicted octanol–water partition coefficient (Wildman–Crippen LogP) is 3.26. The summed E-state index contributed by atoms with van der Waals surface area (Å²) >= 11 is 0. The highest BCUT2D eigenvalue weighted by Crippen LogP contribution is 2.26. The Morgan fingerprint density at radius 3 is 2.54 bits per heavy atom. The van der Waals surface area contributed by atoms with Crippen molar-refractivity contribution in [3.63, 3.8) is 0 Å². The van der Waals surface area contributed by atoms with Gasteiger partial charge in [0, 0.05) is 24.5 Å². The van der Waals surface area contributed by atoms with Gasteiger partial charge < -0.3 is 10.2 Å². The second-order valence-electron chi connectivity index (χ2n) is 4.69. The van der Waals surface area contributed by atoms with Crippen LogP contribution >= 0.6 is 0 Å². The molecule has 2 rings (SSSR count). The second kappa shape index (κ2) is 6.52. The lowest BCUT2D eigenvalue weighted by atomic mass is 10.2. The predicted molar refractivity (Wildman–Crippen MR) is 80.1 cm³/mol. The number of nitrogens with one attached hydrogen (secondary N) is 1. The van der Waals surface area contributed by atoms with Gasteiger partial charge in [-0.15, -0.1) is 0 Å². The zero-order chi connectivity index (χ0) is 17.9. The third-order valence-corrected chi connectivity index (χ3v) is 3.04. The lowest BCUT2D eigenvalue weighted by molar-refractivity contribution is -0.385. The fraction of sp³-hybridized carbons (Fsp3) is 0.143. The van der Waals surface area contributed by atoms with Gasteiger partial charge >= 0.3 is 12.1 Å². The summed E-state index contributed by atoms with van der Waals surface area (Å²) in [5.74, 6) is -1.73. The van der Waals surface area contributed by atoms with E-state index in [0.29, 0.717) is 11.5 Å². The smallest absolute Gasteiger partial charge is 0.329 e. The summed E-state index contributed by atoms with van der Waals surface area (Å²) in [6.45, 7) is 0. The van der Waals surface area contributed by atoms with Crippen LogP contribution in [0.15, 0.2) is 42.6 Å². The highest BCUT2D eigenvalue weighted by Gasteiger charge is 2.38. The van der Waals surface area contributed by atoms with Crippen LogP contribution in [0, 0.1) is 10.1 Å². The number of nitrogens with zero attached hydrogens (tertiary/aromatic N) is 3. The minimum absolute atomic E-state index is 0.0383. The van der Waals surface area contributed by atoms with E-state index in [1.807, 2.05) is 0 Å². The molecule has 0 aliphatic rings. The molecule has 0 spiro atoms. The Balaban J connectivity index is 2.21. The van der Waals surface area contributed by atoms with Gasteiger partial charge in [0.05, 0.1) is 4.92 Å². The summed E-state index contributed by atoms with van der Waals surface area (Å²) < 4.78 is 36.8. The molecule has 1 aromatic heterocycles. The Bertz CT molecular complexity index is 763. The first-order chi connectivity index (χ1) is 11.2. The molecule has 0 radical (unpaired) electrons. The van der Waals surface area contributed by atoms with Crippen molar-refractivity contribution in [3.8, 4) is 0 Å². The van der Waals surface area contributed by atoms with Gasteiger partial charge in [-0.05, 0) is 24.3 Å². The highest BCUT2D eigenvalue weighted by atomic mass is 19.4. The Kier molecular flexibility index (Phi) is 4.67. The molecule has 0 aliphatic heterocycles. The first kappa shape index (κ1) is 17.2. The Morgan fingerprint density at radius 1 is 1.29 bits per heavy atom. The van der Waals surface area contributed by atoms with Crippen LogP contribution in [0.2, 0.25) is 0 Å². The van der Waals surface area contributed by atoms with Crippen LogP contribution in [-0.2, 0) is 4.79 Å². The average molecular weight is 340 g/mol. The number of hydrogen-bond donors (Lipinski definition) is 1. The number of benzene rings is 1. The SMILES string of the molecule is CN(c1cccc(NC(=O)C(F)(F)F)c1)c1ccc([N+](=O)[O-])cn1. The molecule has 0 atom stereocenters. The molecule has 0 unspecified atom stereocenters. The number of aromatic nitrogens is 1. The summed E-state index contributed by atoms with van der Waals surface area (Å²) in [6, 6.07) is 8.35. The highest BCUT2D eigenvalue weighted by molar-refractivity contribution is 5.95. The van der Waals surface area contributed by atoms with Crippen molar-refractivity contribution >= 4 is 28.8 Å². The number of rotatable bonds is 4. The molecule has 126 valence electrons. The van der Waals surface area contributed by atoms with Crippen LogP contribution < -0.4 is 10.2 Å². The van der Waals surface area contributed by atoms with Gasteiger partial charge in [-0.1, -0.05) is 6.07 Å². The van der Waals surface area contributed by atoms with Gasteiger partial charge in [0.15, 0.2) is 0 Å². The second-order valence-corrected chi connectivity index (χ2v) is 4.69. The van der Waals surface area contributed by atoms with Crippen LogP contribution in [0.4, 0.5) is 36.1 Å². The number of carbonyl (C=O) groups is 1. The molecule has 1 N–H and O–H groups in total. The first-order valence-corrected chi connectivity index (χ1v) is 6.51. The van der Waals surface area contributed by atoms with E-state index in [0.717, 1.165) is 6.20 Å². The molecule has 0 bridgehead atoms. The molecule has 1 aromatic carbocycles. The summed E-state index contributed by atoms with van der Waals surface area (Å²) in [7, 11) is 1.58. The number of halogens is 3. The molecule has 0 saturated heterocycles. The number of carbonyl (C=O) groups excluding carboxylic acids is 1. The molecule has 24 heavy (non-hydrogen) atoms. The molecule has 0 aliphatic carbocycles. The largest absolute Gasteiger partial charge is 0.471 e. The number of pyridine rings is 1. The number of nitro groups is 1. The van der Waals surface area contributed by atoms with Gasteiger partial charge in [-0.2, -0.15) is 13.2 Å². The van der Waals surface area contributed by atoms with Gasteiger partial charge in [-0.3, -0.25) is 14.9 Å². The van der Waals surface area contributed by atoms with Gasteiger partial charge in [0.2, 0.25) is 0 Å². The van der Waals surface area contributed by atoms with Crippen LogP contribution in [-0.4, -0.2) is 29.0 Å². The number of anilines is 3. The zero-order valence-electron chi connectivity index (χ0n) is 12.2. The third kappa shape index (κ3) is 3.97. The summed E-state index contributed by atoms with van der Waals surface area (Å²) in [5.41, 5.74) is 0.221. The fourth-order valence-corrected chi connectivity index (χ4v) is 1.81. The average Bonchev–Trinajstić information content (AvgIpc) is 2.53. The standard InChI is InChI=1S/C14H11F3N4O3/c1-20(12-6-5-11(8-18-12)21(23)24)10-4-2-3-9(7-10)19-13(22)14(15,16)17/h2-8H,1H3,(H,19,22). The quantitative estimate of drug-likeness (QED) is 0.682. The maximum atomic E-state index is 12.3. The molecule has 7 nitrogen and oxygen atoms in total. The molecular formula is C14H11F3N4O3. The Labute approximate surface area is 133 Å². The Morgan fingerprint density at radius 2 is 2.00 bits per heavy atom. The molecule has 2 aromatic rings. The molecule has 0 saturated carbocycles. The van der Waals surface area contributed by atoms with Crippen molar-refractivity contribution in [2.24, 2.45) is 0 Å². The maximum Gasteiger partial charge on any atom is 0.471 e. The Hall–Kier alpha value is -3.17. The van der Waals surface area contributed by atoms with Crippen LogP contribution in [0.5, 0.6) is 0 Å². The summed E-state index contributed by atoms with van der Waals surface area (Å²) in [5, 5.41) is 12.4. The van der Waals surface area contributed by atoms with Gasteiger partial charge in [-0.25, -0.2) is 4.98 Å². The number of alkyl halides is 3. The monoisotopic (exact) mass is 340 g/mol. The third-order valence-electron chi connectivity index (χ3n) is 3.04.